The Hall–Kier alpha value is -4.12. The van der Waals surface area contributed by atoms with Crippen molar-refractivity contribution in [3.05, 3.63) is 86.8 Å². The van der Waals surface area contributed by atoms with Crippen LogP contribution in [-0.2, 0) is 6.54 Å². The van der Waals surface area contributed by atoms with Crippen LogP contribution in [0.3, 0.4) is 0 Å². The summed E-state index contributed by atoms with van der Waals surface area (Å²) >= 11 is 5.90. The predicted octanol–water partition coefficient (Wildman–Crippen LogP) is 4.83. The van der Waals surface area contributed by atoms with Crippen LogP contribution in [0.4, 0.5) is 8.78 Å². The van der Waals surface area contributed by atoms with Gasteiger partial charge in [0.25, 0.3) is 18.2 Å². The molecule has 3 aromatic heterocycles. The number of hydrogen-bond donors (Lipinski definition) is 2. The molecule has 0 unspecified atom stereocenters. The Morgan fingerprint density at radius 2 is 1.78 bits per heavy atom. The summed E-state index contributed by atoms with van der Waals surface area (Å²) in [7, 11) is 1.53. The Morgan fingerprint density at radius 1 is 1.02 bits per heavy atom. The number of pyridine rings is 2. The lowest BCUT2D eigenvalue weighted by Gasteiger charge is -2.29. The van der Waals surface area contributed by atoms with Crippen molar-refractivity contribution in [3.8, 4) is 5.69 Å². The smallest absolute Gasteiger partial charge is 0.333 e. The SMILES string of the molecule is CNC(=O)c1ccc(-n2c(=O)n(CC3CCC(NC(=O)c4cc(Cl)cnc4C(F)F)CC3)c3cc(C)ccc32)cn1. The third-order valence-electron chi connectivity index (χ3n) is 7.51. The number of amides is 2. The lowest BCUT2D eigenvalue weighted by Crippen LogP contribution is -2.39. The molecular formula is C29H29ClF2N6O3. The summed E-state index contributed by atoms with van der Waals surface area (Å²) in [5, 5.41) is 5.50. The second-order valence-corrected chi connectivity index (χ2v) is 10.7. The average molecular weight is 583 g/mol. The van der Waals surface area contributed by atoms with Crippen LogP contribution in [0.25, 0.3) is 16.7 Å². The monoisotopic (exact) mass is 582 g/mol. The van der Waals surface area contributed by atoms with E-state index in [-0.39, 0.29) is 39.8 Å². The first-order valence-electron chi connectivity index (χ1n) is 13.3. The second kappa shape index (κ2) is 11.8. The van der Waals surface area contributed by atoms with E-state index in [4.69, 9.17) is 11.6 Å². The number of alkyl halides is 2. The molecule has 12 heteroatoms. The minimum atomic E-state index is -2.89. The summed E-state index contributed by atoms with van der Waals surface area (Å²) in [5.41, 5.74) is 2.34. The molecule has 1 aromatic carbocycles. The third kappa shape index (κ3) is 5.85. The van der Waals surface area contributed by atoms with Crippen LogP contribution in [0.2, 0.25) is 5.02 Å². The van der Waals surface area contributed by atoms with Gasteiger partial charge in [-0.25, -0.2) is 18.6 Å². The zero-order chi connectivity index (χ0) is 29.3. The number of fused-ring (bicyclic) bond motifs is 1. The van der Waals surface area contributed by atoms with E-state index in [1.54, 1.807) is 21.3 Å². The molecule has 9 nitrogen and oxygen atoms in total. The molecular weight excluding hydrogens is 554 g/mol. The van der Waals surface area contributed by atoms with Gasteiger partial charge in [0, 0.05) is 25.8 Å². The molecule has 5 rings (SSSR count). The fourth-order valence-electron chi connectivity index (χ4n) is 5.39. The topological polar surface area (TPSA) is 111 Å². The highest BCUT2D eigenvalue weighted by Gasteiger charge is 2.27. The highest BCUT2D eigenvalue weighted by atomic mass is 35.5. The summed E-state index contributed by atoms with van der Waals surface area (Å²) < 4.78 is 30.1. The van der Waals surface area contributed by atoms with Crippen molar-refractivity contribution in [2.75, 3.05) is 7.05 Å². The first kappa shape index (κ1) is 28.4. The maximum Gasteiger partial charge on any atom is 0.333 e. The Morgan fingerprint density at radius 3 is 2.44 bits per heavy atom. The van der Waals surface area contributed by atoms with E-state index in [1.165, 1.54) is 19.3 Å². The maximum absolute atomic E-state index is 13.7. The van der Waals surface area contributed by atoms with Gasteiger partial charge in [0.15, 0.2) is 0 Å². The molecule has 1 aliphatic rings. The maximum atomic E-state index is 13.7. The molecule has 1 saturated carbocycles. The lowest BCUT2D eigenvalue weighted by molar-refractivity contribution is 0.0903. The standard InChI is InChI=1S/C29H29ClF2N6O3/c1-16-3-10-23-24(11-16)37(29(41)38(23)20-8-9-22(34-14-20)28(40)33-2)15-17-4-6-19(7-5-17)36-27(39)21-12-18(30)13-35-25(21)26(31)32/h3,8-14,17,19,26H,4-7,15H2,1-2H3,(H,33,40)(H,36,39). The van der Waals surface area contributed by atoms with Crippen LogP contribution < -0.4 is 16.3 Å². The van der Waals surface area contributed by atoms with Gasteiger partial charge >= 0.3 is 5.69 Å². The molecule has 214 valence electrons. The van der Waals surface area contributed by atoms with Gasteiger partial charge < -0.3 is 10.6 Å². The van der Waals surface area contributed by atoms with E-state index in [1.807, 2.05) is 25.1 Å². The van der Waals surface area contributed by atoms with Crippen molar-refractivity contribution in [2.24, 2.45) is 5.92 Å². The van der Waals surface area contributed by atoms with Gasteiger partial charge in [0.2, 0.25) is 0 Å². The quantitative estimate of drug-likeness (QED) is 0.324. The van der Waals surface area contributed by atoms with Crippen molar-refractivity contribution in [1.29, 1.82) is 0 Å². The molecule has 41 heavy (non-hydrogen) atoms. The lowest BCUT2D eigenvalue weighted by atomic mass is 9.85. The van der Waals surface area contributed by atoms with Crippen LogP contribution >= 0.6 is 11.6 Å². The number of imidazole rings is 1. The van der Waals surface area contributed by atoms with Crippen molar-refractivity contribution in [1.82, 2.24) is 29.7 Å². The van der Waals surface area contributed by atoms with E-state index in [9.17, 15) is 23.2 Å². The summed E-state index contributed by atoms with van der Waals surface area (Å²) in [6.07, 6.45) is 2.50. The van der Waals surface area contributed by atoms with Crippen LogP contribution in [0.5, 0.6) is 0 Å². The molecule has 3 heterocycles. The summed E-state index contributed by atoms with van der Waals surface area (Å²) in [5.74, 6) is -0.754. The number of benzene rings is 1. The number of nitrogens with one attached hydrogen (secondary N) is 2. The minimum absolute atomic E-state index is 0.112. The zero-order valence-electron chi connectivity index (χ0n) is 22.5. The summed E-state index contributed by atoms with van der Waals surface area (Å²) in [6.45, 7) is 2.46. The number of hydrogen-bond acceptors (Lipinski definition) is 5. The first-order chi connectivity index (χ1) is 19.7. The van der Waals surface area contributed by atoms with Gasteiger partial charge in [-0.15, -0.1) is 0 Å². The number of aromatic nitrogens is 4. The van der Waals surface area contributed by atoms with E-state index >= 15 is 0 Å². The Labute approximate surface area is 239 Å². The molecule has 4 aromatic rings. The highest BCUT2D eigenvalue weighted by Crippen LogP contribution is 2.29. The van der Waals surface area contributed by atoms with Gasteiger partial charge in [-0.3, -0.25) is 23.7 Å². The number of carbonyl (C=O) groups is 2. The fraction of sp³-hybridized carbons (Fsp3) is 0.345. The minimum Gasteiger partial charge on any atom is -0.354 e. The molecule has 0 atom stereocenters. The molecule has 0 spiro atoms. The molecule has 0 aliphatic heterocycles. The van der Waals surface area contributed by atoms with Gasteiger partial charge in [0.05, 0.1) is 33.5 Å². The number of rotatable bonds is 7. The molecule has 0 radical (unpaired) electrons. The third-order valence-corrected chi connectivity index (χ3v) is 7.72. The van der Waals surface area contributed by atoms with E-state index in [0.717, 1.165) is 35.6 Å². The average Bonchev–Trinajstić information content (AvgIpc) is 3.23. The van der Waals surface area contributed by atoms with Gasteiger partial charge in [-0.1, -0.05) is 17.7 Å². The number of carbonyl (C=O) groups excluding carboxylic acids is 2. The van der Waals surface area contributed by atoms with E-state index < -0.39 is 18.0 Å². The molecule has 0 saturated heterocycles. The number of halogens is 3. The molecule has 2 amide bonds. The van der Waals surface area contributed by atoms with Gasteiger partial charge in [0.1, 0.15) is 11.4 Å². The van der Waals surface area contributed by atoms with Crippen molar-refractivity contribution in [2.45, 2.75) is 51.6 Å². The predicted molar refractivity (Wildman–Crippen MR) is 151 cm³/mol. The molecule has 1 fully saturated rings. The number of aryl methyl sites for hydroxylation is 1. The fourth-order valence-corrected chi connectivity index (χ4v) is 5.55. The Bertz CT molecular complexity index is 1660. The van der Waals surface area contributed by atoms with Crippen LogP contribution in [0.15, 0.2) is 53.6 Å². The van der Waals surface area contributed by atoms with Crippen molar-refractivity contribution >= 4 is 34.4 Å². The van der Waals surface area contributed by atoms with E-state index in [0.29, 0.717) is 25.1 Å². The first-order valence-corrected chi connectivity index (χ1v) is 13.7. The molecule has 2 N–H and O–H groups in total. The summed E-state index contributed by atoms with van der Waals surface area (Å²) in [4.78, 5) is 46.3. The molecule has 1 aliphatic carbocycles. The van der Waals surface area contributed by atoms with Crippen LogP contribution in [0.1, 0.15) is 64.2 Å². The van der Waals surface area contributed by atoms with Crippen LogP contribution in [-0.4, -0.2) is 44.0 Å². The zero-order valence-corrected chi connectivity index (χ0v) is 23.3. The van der Waals surface area contributed by atoms with Crippen LogP contribution in [0, 0.1) is 12.8 Å². The van der Waals surface area contributed by atoms with Crippen molar-refractivity contribution < 1.29 is 18.4 Å². The van der Waals surface area contributed by atoms with Crippen molar-refractivity contribution in [3.63, 3.8) is 0 Å². The Balaban J connectivity index is 1.33. The second-order valence-electron chi connectivity index (χ2n) is 10.3. The number of nitrogens with zero attached hydrogens (tertiary/aromatic N) is 4. The highest BCUT2D eigenvalue weighted by molar-refractivity contribution is 6.30. The van der Waals surface area contributed by atoms with Gasteiger partial charge in [-0.2, -0.15) is 0 Å². The largest absolute Gasteiger partial charge is 0.354 e. The normalized spacial score (nSPS) is 17.1. The summed E-state index contributed by atoms with van der Waals surface area (Å²) in [6, 6.07) is 10.1. The molecule has 0 bridgehead atoms. The Kier molecular flexibility index (Phi) is 8.16. The van der Waals surface area contributed by atoms with E-state index in [2.05, 4.69) is 20.6 Å². The van der Waals surface area contributed by atoms with Gasteiger partial charge in [-0.05, 0) is 74.4 Å².